The molecule has 122 valence electrons. The van der Waals surface area contributed by atoms with E-state index in [4.69, 9.17) is 10.8 Å². The fraction of sp³-hybridized carbons (Fsp3) is 0.750. The molecule has 0 heterocycles. The normalized spacial score (nSPS) is 15.8. The van der Waals surface area contributed by atoms with E-state index in [2.05, 4.69) is 0 Å². The number of rotatable bonds is 7. The minimum atomic E-state index is -0.973. The van der Waals surface area contributed by atoms with E-state index in [0.29, 0.717) is 0 Å². The average Bonchev–Trinajstić information content (AvgIpc) is 2.41. The summed E-state index contributed by atoms with van der Waals surface area (Å²) in [6.45, 7) is 11.4. The monoisotopic (exact) mass is 298 g/mol. The summed E-state index contributed by atoms with van der Waals surface area (Å²) in [6.07, 6.45) is 2.42. The SMILES string of the molecule is CCC(C)(C)C(N)C(=O)N(C)[C@H](/C=C(\C)C(=O)O)C(C)C. The van der Waals surface area contributed by atoms with Crippen molar-refractivity contribution in [3.8, 4) is 0 Å². The first-order valence-electron chi connectivity index (χ1n) is 7.39. The van der Waals surface area contributed by atoms with Crippen LogP contribution in [0.4, 0.5) is 0 Å². The van der Waals surface area contributed by atoms with E-state index in [9.17, 15) is 9.59 Å². The van der Waals surface area contributed by atoms with E-state index in [-0.39, 0.29) is 28.9 Å². The molecule has 0 fully saturated rings. The maximum atomic E-state index is 12.6. The van der Waals surface area contributed by atoms with Crippen LogP contribution in [0.5, 0.6) is 0 Å². The predicted octanol–water partition coefficient (Wildman–Crippen LogP) is 2.26. The van der Waals surface area contributed by atoms with Crippen LogP contribution in [0, 0.1) is 11.3 Å². The number of hydrogen-bond donors (Lipinski definition) is 2. The summed E-state index contributed by atoms with van der Waals surface area (Å²) >= 11 is 0. The first-order chi connectivity index (χ1) is 9.45. The van der Waals surface area contributed by atoms with Gasteiger partial charge in [0, 0.05) is 12.6 Å². The lowest BCUT2D eigenvalue weighted by atomic mass is 9.81. The van der Waals surface area contributed by atoms with Crippen LogP contribution in [0.2, 0.25) is 0 Å². The van der Waals surface area contributed by atoms with Gasteiger partial charge in [0.15, 0.2) is 0 Å². The van der Waals surface area contributed by atoms with Gasteiger partial charge in [-0.25, -0.2) is 4.79 Å². The summed E-state index contributed by atoms with van der Waals surface area (Å²) in [7, 11) is 1.68. The highest BCUT2D eigenvalue weighted by Crippen LogP contribution is 2.26. The molecule has 3 N–H and O–H groups in total. The Morgan fingerprint density at radius 3 is 2.14 bits per heavy atom. The standard InChI is InChI=1S/C16H30N2O3/c1-8-16(5,6)13(17)14(19)18(7)12(10(2)3)9-11(4)15(20)21/h9-10,12-13H,8,17H2,1-7H3,(H,20,21)/b11-9+/t12-,13?/m1/s1. The largest absolute Gasteiger partial charge is 0.478 e. The summed E-state index contributed by atoms with van der Waals surface area (Å²) in [5.41, 5.74) is 6.05. The lowest BCUT2D eigenvalue weighted by Gasteiger charge is -2.36. The van der Waals surface area contributed by atoms with Gasteiger partial charge in [0.05, 0.1) is 12.1 Å². The summed E-state index contributed by atoms with van der Waals surface area (Å²) in [4.78, 5) is 25.1. The quantitative estimate of drug-likeness (QED) is 0.706. The zero-order chi connectivity index (χ0) is 17.0. The second-order valence-electron chi connectivity index (χ2n) is 6.66. The molecule has 0 rings (SSSR count). The molecule has 0 bridgehead atoms. The van der Waals surface area contributed by atoms with E-state index >= 15 is 0 Å². The number of hydrogen-bond acceptors (Lipinski definition) is 3. The Morgan fingerprint density at radius 1 is 1.33 bits per heavy atom. The predicted molar refractivity (Wildman–Crippen MR) is 84.8 cm³/mol. The van der Waals surface area contributed by atoms with E-state index in [1.807, 2.05) is 34.6 Å². The number of nitrogens with zero attached hydrogens (tertiary/aromatic N) is 1. The van der Waals surface area contributed by atoms with Gasteiger partial charge in [-0.1, -0.05) is 40.7 Å². The number of likely N-dealkylation sites (N-methyl/N-ethyl adjacent to an activating group) is 1. The van der Waals surface area contributed by atoms with Gasteiger partial charge in [-0.05, 0) is 24.7 Å². The molecule has 0 radical (unpaired) electrons. The average molecular weight is 298 g/mol. The fourth-order valence-electron chi connectivity index (χ4n) is 2.00. The number of amides is 1. The number of aliphatic carboxylic acids is 1. The van der Waals surface area contributed by atoms with Gasteiger partial charge >= 0.3 is 5.97 Å². The van der Waals surface area contributed by atoms with E-state index in [1.165, 1.54) is 6.92 Å². The van der Waals surface area contributed by atoms with Gasteiger partial charge < -0.3 is 15.7 Å². The van der Waals surface area contributed by atoms with E-state index < -0.39 is 12.0 Å². The molecule has 21 heavy (non-hydrogen) atoms. The summed E-state index contributed by atoms with van der Waals surface area (Å²) in [5.74, 6) is -1.03. The van der Waals surface area contributed by atoms with Crippen molar-refractivity contribution in [2.75, 3.05) is 7.05 Å². The number of nitrogens with two attached hydrogens (primary N) is 1. The Kier molecular flexibility index (Phi) is 7.10. The molecule has 0 saturated carbocycles. The van der Waals surface area contributed by atoms with Gasteiger partial charge in [-0.15, -0.1) is 0 Å². The van der Waals surface area contributed by atoms with Crippen LogP contribution in [0.25, 0.3) is 0 Å². The van der Waals surface area contributed by atoms with Crippen molar-refractivity contribution in [1.82, 2.24) is 4.90 Å². The van der Waals surface area contributed by atoms with Crippen molar-refractivity contribution in [1.29, 1.82) is 0 Å². The smallest absolute Gasteiger partial charge is 0.331 e. The minimum absolute atomic E-state index is 0.102. The molecule has 5 heteroatoms. The first-order valence-corrected chi connectivity index (χ1v) is 7.39. The Bertz CT molecular complexity index is 414. The van der Waals surface area contributed by atoms with Crippen molar-refractivity contribution in [2.45, 2.75) is 60.0 Å². The van der Waals surface area contributed by atoms with Crippen LogP contribution in [-0.4, -0.2) is 41.0 Å². The molecule has 5 nitrogen and oxygen atoms in total. The zero-order valence-electron chi connectivity index (χ0n) is 14.3. The molecule has 0 aromatic carbocycles. The first kappa shape index (κ1) is 19.6. The lowest BCUT2D eigenvalue weighted by Crippen LogP contribution is -2.53. The number of carbonyl (C=O) groups is 2. The second-order valence-corrected chi connectivity index (χ2v) is 6.66. The topological polar surface area (TPSA) is 83.6 Å². The van der Waals surface area contributed by atoms with E-state index in [0.717, 1.165) is 6.42 Å². The van der Waals surface area contributed by atoms with Crippen LogP contribution < -0.4 is 5.73 Å². The van der Waals surface area contributed by atoms with Gasteiger partial charge in [0.1, 0.15) is 0 Å². The van der Waals surface area contributed by atoms with Crippen molar-refractivity contribution in [2.24, 2.45) is 17.1 Å². The third kappa shape index (κ3) is 5.16. The van der Waals surface area contributed by atoms with Crippen molar-refractivity contribution in [3.05, 3.63) is 11.6 Å². The third-order valence-corrected chi connectivity index (χ3v) is 4.26. The van der Waals surface area contributed by atoms with Gasteiger partial charge in [0.25, 0.3) is 0 Å². The Balaban J connectivity index is 5.33. The highest BCUT2D eigenvalue weighted by atomic mass is 16.4. The highest BCUT2D eigenvalue weighted by Gasteiger charge is 2.34. The van der Waals surface area contributed by atoms with Crippen LogP contribution in [-0.2, 0) is 9.59 Å². The molecular formula is C16H30N2O3. The van der Waals surface area contributed by atoms with Crippen molar-refractivity contribution in [3.63, 3.8) is 0 Å². The molecule has 1 amide bonds. The summed E-state index contributed by atoms with van der Waals surface area (Å²) < 4.78 is 0. The fourth-order valence-corrected chi connectivity index (χ4v) is 2.00. The maximum Gasteiger partial charge on any atom is 0.331 e. The molecule has 0 aliphatic carbocycles. The summed E-state index contributed by atoms with van der Waals surface area (Å²) in [6, 6.07) is -0.889. The van der Waals surface area contributed by atoms with Crippen molar-refractivity contribution >= 4 is 11.9 Å². The molecule has 0 aromatic rings. The molecule has 0 saturated heterocycles. The van der Waals surface area contributed by atoms with Crippen molar-refractivity contribution < 1.29 is 14.7 Å². The molecule has 1 unspecified atom stereocenters. The Morgan fingerprint density at radius 2 is 1.81 bits per heavy atom. The molecule has 0 aromatic heterocycles. The number of carboxylic acid groups (broad SMARTS) is 1. The van der Waals surface area contributed by atoms with Crippen LogP contribution in [0.1, 0.15) is 48.0 Å². The minimum Gasteiger partial charge on any atom is -0.478 e. The van der Waals surface area contributed by atoms with Gasteiger partial charge in [0.2, 0.25) is 5.91 Å². The molecule has 2 atom stereocenters. The highest BCUT2D eigenvalue weighted by molar-refractivity contribution is 5.86. The summed E-state index contributed by atoms with van der Waals surface area (Å²) in [5, 5.41) is 9.01. The van der Waals surface area contributed by atoms with Gasteiger partial charge in [-0.3, -0.25) is 4.79 Å². The van der Waals surface area contributed by atoms with E-state index in [1.54, 1.807) is 18.0 Å². The van der Waals surface area contributed by atoms with Gasteiger partial charge in [-0.2, -0.15) is 0 Å². The second kappa shape index (κ2) is 7.59. The lowest BCUT2D eigenvalue weighted by molar-refractivity contribution is -0.136. The number of carbonyl (C=O) groups excluding carboxylic acids is 1. The van der Waals surface area contributed by atoms with Crippen LogP contribution in [0.15, 0.2) is 11.6 Å². The van der Waals surface area contributed by atoms with Crippen LogP contribution >= 0.6 is 0 Å². The Hall–Kier alpha value is -1.36. The maximum absolute atomic E-state index is 12.6. The third-order valence-electron chi connectivity index (χ3n) is 4.26. The van der Waals surface area contributed by atoms with Crippen LogP contribution in [0.3, 0.4) is 0 Å². The zero-order valence-corrected chi connectivity index (χ0v) is 14.3. The number of carboxylic acids is 1. The molecular weight excluding hydrogens is 268 g/mol. The molecule has 0 aliphatic rings. The molecule has 0 spiro atoms. The Labute approximate surface area is 128 Å². The molecule has 0 aliphatic heterocycles.